The third kappa shape index (κ3) is 3.51. The molecule has 1 fully saturated rings. The van der Waals surface area contributed by atoms with Crippen molar-refractivity contribution >= 4 is 46.6 Å². The highest BCUT2D eigenvalue weighted by Gasteiger charge is 2.27. The smallest absolute Gasteiger partial charge is 0.273 e. The van der Waals surface area contributed by atoms with Crippen molar-refractivity contribution in [2.75, 3.05) is 13.2 Å². The SMILES string of the molecule is O=C1NC(=S)N/C1=C/c1ccc(-c2ccc3c(c2)CN(CCCO)C3=O)s1. The summed E-state index contributed by atoms with van der Waals surface area (Å²) in [5.74, 6) is -0.204. The molecule has 0 saturated carbocycles. The Labute approximate surface area is 165 Å². The van der Waals surface area contributed by atoms with Crippen molar-refractivity contribution in [2.45, 2.75) is 13.0 Å². The molecule has 8 heteroatoms. The van der Waals surface area contributed by atoms with Gasteiger partial charge in [0.2, 0.25) is 0 Å². The minimum atomic E-state index is -0.228. The molecule has 0 aliphatic carbocycles. The molecule has 0 radical (unpaired) electrons. The van der Waals surface area contributed by atoms with Gasteiger partial charge in [-0.25, -0.2) is 0 Å². The number of amides is 2. The second-order valence-electron chi connectivity index (χ2n) is 6.34. The van der Waals surface area contributed by atoms with Crippen LogP contribution in [0.5, 0.6) is 0 Å². The lowest BCUT2D eigenvalue weighted by Gasteiger charge is -2.13. The summed E-state index contributed by atoms with van der Waals surface area (Å²) in [5, 5.41) is 14.7. The van der Waals surface area contributed by atoms with Crippen molar-refractivity contribution in [3.63, 3.8) is 0 Å². The maximum atomic E-state index is 12.4. The molecule has 0 spiro atoms. The second kappa shape index (κ2) is 7.22. The number of aliphatic hydroxyl groups excluding tert-OH is 1. The first kappa shape index (κ1) is 17.8. The topological polar surface area (TPSA) is 81.7 Å². The van der Waals surface area contributed by atoms with E-state index < -0.39 is 0 Å². The number of thiophene rings is 1. The van der Waals surface area contributed by atoms with E-state index in [0.29, 0.717) is 30.3 Å². The largest absolute Gasteiger partial charge is 0.396 e. The number of aliphatic hydroxyl groups is 1. The maximum Gasteiger partial charge on any atom is 0.273 e. The molecule has 1 saturated heterocycles. The Balaban J connectivity index is 1.56. The van der Waals surface area contributed by atoms with Gasteiger partial charge < -0.3 is 15.3 Å². The number of carbonyl (C=O) groups excluding carboxylic acids is 2. The second-order valence-corrected chi connectivity index (χ2v) is 7.87. The van der Waals surface area contributed by atoms with Crippen LogP contribution < -0.4 is 10.6 Å². The molecule has 2 aliphatic rings. The van der Waals surface area contributed by atoms with Crippen molar-refractivity contribution in [2.24, 2.45) is 0 Å². The molecule has 3 N–H and O–H groups in total. The fraction of sp³-hybridized carbons (Fsp3) is 0.211. The van der Waals surface area contributed by atoms with Crippen LogP contribution in [0.3, 0.4) is 0 Å². The average molecular weight is 399 g/mol. The molecule has 138 valence electrons. The van der Waals surface area contributed by atoms with Gasteiger partial charge in [-0.05, 0) is 60.1 Å². The van der Waals surface area contributed by atoms with Crippen molar-refractivity contribution in [1.82, 2.24) is 15.5 Å². The molecule has 0 atom stereocenters. The standard InChI is InChI=1S/C19H17N3O3S2/c23-7-1-6-22-10-12-8-11(2-4-14(12)18(22)25)16-5-3-13(27-16)9-15-17(24)21-19(26)20-15/h2-5,8-9,23H,1,6-7,10H2,(H2,20,21,24,26)/b15-9+. The van der Waals surface area contributed by atoms with Crippen LogP contribution in [0, 0.1) is 0 Å². The van der Waals surface area contributed by atoms with Crippen LogP contribution >= 0.6 is 23.6 Å². The Morgan fingerprint density at radius 3 is 2.81 bits per heavy atom. The van der Waals surface area contributed by atoms with Crippen molar-refractivity contribution in [3.8, 4) is 10.4 Å². The monoisotopic (exact) mass is 399 g/mol. The Morgan fingerprint density at radius 1 is 1.22 bits per heavy atom. The fourth-order valence-electron chi connectivity index (χ4n) is 3.19. The molecule has 2 aliphatic heterocycles. The molecule has 6 nitrogen and oxygen atoms in total. The number of rotatable bonds is 5. The van der Waals surface area contributed by atoms with Gasteiger partial charge in [0, 0.05) is 35.0 Å². The highest BCUT2D eigenvalue weighted by molar-refractivity contribution is 7.80. The predicted molar refractivity (Wildman–Crippen MR) is 108 cm³/mol. The van der Waals surface area contributed by atoms with Gasteiger partial charge in [0.1, 0.15) is 5.70 Å². The minimum absolute atomic E-state index is 0.0240. The van der Waals surface area contributed by atoms with Crippen LogP contribution in [0.1, 0.15) is 27.2 Å². The minimum Gasteiger partial charge on any atom is -0.396 e. The quantitative estimate of drug-likeness (QED) is 0.530. The van der Waals surface area contributed by atoms with Crippen LogP contribution in [-0.2, 0) is 11.3 Å². The molecule has 1 aromatic heterocycles. The van der Waals surface area contributed by atoms with E-state index in [9.17, 15) is 9.59 Å². The van der Waals surface area contributed by atoms with Gasteiger partial charge in [-0.3, -0.25) is 14.9 Å². The molecule has 1 aromatic carbocycles. The lowest BCUT2D eigenvalue weighted by atomic mass is 10.1. The number of nitrogens with one attached hydrogen (secondary N) is 2. The fourth-order valence-corrected chi connectivity index (χ4v) is 4.34. The molecule has 3 heterocycles. The summed E-state index contributed by atoms with van der Waals surface area (Å²) in [6.07, 6.45) is 2.36. The van der Waals surface area contributed by atoms with Crippen LogP contribution in [0.15, 0.2) is 36.0 Å². The lowest BCUT2D eigenvalue weighted by molar-refractivity contribution is -0.115. The first-order valence-corrected chi connectivity index (χ1v) is 9.75. The highest BCUT2D eigenvalue weighted by atomic mass is 32.1. The first-order chi connectivity index (χ1) is 13.0. The van der Waals surface area contributed by atoms with Crippen molar-refractivity contribution < 1.29 is 14.7 Å². The normalized spacial score (nSPS) is 17.4. The Kier molecular flexibility index (Phi) is 4.77. The van der Waals surface area contributed by atoms with Gasteiger partial charge in [-0.15, -0.1) is 11.3 Å². The number of benzene rings is 1. The van der Waals surface area contributed by atoms with E-state index in [0.717, 1.165) is 26.4 Å². The molecular weight excluding hydrogens is 382 g/mol. The zero-order valence-corrected chi connectivity index (χ0v) is 16.0. The van der Waals surface area contributed by atoms with Crippen molar-refractivity contribution in [3.05, 3.63) is 52.0 Å². The third-order valence-electron chi connectivity index (χ3n) is 4.49. The predicted octanol–water partition coefficient (Wildman–Crippen LogP) is 2.10. The van der Waals surface area contributed by atoms with Crippen LogP contribution in [-0.4, -0.2) is 40.1 Å². The summed E-state index contributed by atoms with van der Waals surface area (Å²) in [6.45, 7) is 1.22. The molecule has 2 aromatic rings. The zero-order valence-electron chi connectivity index (χ0n) is 14.3. The van der Waals surface area contributed by atoms with Crippen LogP contribution in [0.25, 0.3) is 16.5 Å². The zero-order chi connectivity index (χ0) is 19.0. The van der Waals surface area contributed by atoms with Crippen LogP contribution in [0.4, 0.5) is 0 Å². The summed E-state index contributed by atoms with van der Waals surface area (Å²) in [6, 6.07) is 9.82. The number of hydrogen-bond donors (Lipinski definition) is 3. The van der Waals surface area contributed by atoms with E-state index in [4.69, 9.17) is 17.3 Å². The van der Waals surface area contributed by atoms with E-state index in [1.165, 1.54) is 0 Å². The molecule has 4 rings (SSSR count). The Morgan fingerprint density at radius 2 is 2.07 bits per heavy atom. The summed E-state index contributed by atoms with van der Waals surface area (Å²) in [4.78, 5) is 27.9. The number of hydrogen-bond acceptors (Lipinski definition) is 5. The van der Waals surface area contributed by atoms with E-state index >= 15 is 0 Å². The Bertz CT molecular complexity index is 980. The first-order valence-electron chi connectivity index (χ1n) is 8.52. The lowest BCUT2D eigenvalue weighted by Crippen LogP contribution is -2.25. The summed E-state index contributed by atoms with van der Waals surface area (Å²) in [5.41, 5.74) is 3.22. The van der Waals surface area contributed by atoms with E-state index in [2.05, 4.69) is 10.6 Å². The van der Waals surface area contributed by atoms with E-state index in [-0.39, 0.29) is 18.4 Å². The van der Waals surface area contributed by atoms with Gasteiger partial charge in [-0.1, -0.05) is 6.07 Å². The third-order valence-corrected chi connectivity index (χ3v) is 5.77. The summed E-state index contributed by atoms with van der Waals surface area (Å²) in [7, 11) is 0. The molecule has 0 bridgehead atoms. The highest BCUT2D eigenvalue weighted by Crippen LogP contribution is 2.33. The maximum absolute atomic E-state index is 12.4. The van der Waals surface area contributed by atoms with Gasteiger partial charge in [-0.2, -0.15) is 0 Å². The number of carbonyl (C=O) groups is 2. The van der Waals surface area contributed by atoms with Gasteiger partial charge in [0.25, 0.3) is 11.8 Å². The summed E-state index contributed by atoms with van der Waals surface area (Å²) < 4.78 is 0. The number of fused-ring (bicyclic) bond motifs is 1. The van der Waals surface area contributed by atoms with E-state index in [1.807, 2.05) is 30.3 Å². The molecular formula is C19H17N3O3S2. The molecule has 2 amide bonds. The number of thiocarbonyl (C=S) groups is 1. The molecule has 27 heavy (non-hydrogen) atoms. The summed E-state index contributed by atoms with van der Waals surface area (Å²) >= 11 is 6.50. The van der Waals surface area contributed by atoms with E-state index in [1.54, 1.807) is 22.3 Å². The van der Waals surface area contributed by atoms with Crippen molar-refractivity contribution in [1.29, 1.82) is 0 Å². The van der Waals surface area contributed by atoms with Gasteiger partial charge in [0.15, 0.2) is 5.11 Å². The van der Waals surface area contributed by atoms with Gasteiger partial charge >= 0.3 is 0 Å². The number of nitrogens with zero attached hydrogens (tertiary/aromatic N) is 1. The van der Waals surface area contributed by atoms with Crippen LogP contribution in [0.2, 0.25) is 0 Å². The van der Waals surface area contributed by atoms with Gasteiger partial charge in [0.05, 0.1) is 0 Å². The average Bonchev–Trinajstić information content (AvgIpc) is 3.32. The molecule has 0 unspecified atom stereocenters. The Hall–Kier alpha value is -2.55.